The number of benzene rings is 1. The lowest BCUT2D eigenvalue weighted by molar-refractivity contribution is 0.881. The van der Waals surface area contributed by atoms with Gasteiger partial charge in [-0.3, -0.25) is 15.4 Å². The Kier molecular flexibility index (Phi) is 3.03. The summed E-state index contributed by atoms with van der Waals surface area (Å²) in [7, 11) is 0. The first-order valence-corrected chi connectivity index (χ1v) is 4.86. The van der Waals surface area contributed by atoms with Crippen molar-refractivity contribution in [1.82, 2.24) is 20.6 Å². The lowest BCUT2D eigenvalue weighted by atomic mass is 10.2. The van der Waals surface area contributed by atoms with Crippen molar-refractivity contribution in [3.8, 4) is 0 Å². The Balaban J connectivity index is 2.02. The van der Waals surface area contributed by atoms with E-state index < -0.39 is 0 Å². The van der Waals surface area contributed by atoms with Crippen LogP contribution in [0.25, 0.3) is 5.32 Å². The zero-order valence-corrected chi connectivity index (χ0v) is 9.00. The van der Waals surface area contributed by atoms with E-state index in [0.717, 1.165) is 5.56 Å². The molecule has 0 atom stereocenters. The smallest absolute Gasteiger partial charge is 0.0617 e. The number of aromatic nitrogens is 4. The Morgan fingerprint density at radius 3 is 2.80 bits per heavy atom. The summed E-state index contributed by atoms with van der Waals surface area (Å²) in [6, 6.07) is 5.33. The van der Waals surface area contributed by atoms with Gasteiger partial charge in [-0.1, -0.05) is 29.3 Å². The number of hydrogen-bond donors (Lipinski definition) is 1. The van der Waals surface area contributed by atoms with Crippen LogP contribution in [-0.4, -0.2) is 20.6 Å². The maximum Gasteiger partial charge on any atom is 0.0617 e. The molecule has 78 valence electrons. The Hall–Kier alpha value is -1.33. The van der Waals surface area contributed by atoms with Crippen molar-refractivity contribution in [2.45, 2.75) is 6.54 Å². The molecule has 1 N–H and O–H groups in total. The van der Waals surface area contributed by atoms with Gasteiger partial charge >= 0.3 is 0 Å². The van der Waals surface area contributed by atoms with E-state index in [4.69, 9.17) is 23.2 Å². The van der Waals surface area contributed by atoms with E-state index in [2.05, 4.69) is 25.9 Å². The van der Waals surface area contributed by atoms with Crippen molar-refractivity contribution in [3.63, 3.8) is 0 Å². The van der Waals surface area contributed by atoms with Crippen LogP contribution < -0.4 is 0 Å². The zero-order valence-electron chi connectivity index (χ0n) is 7.48. The average Bonchev–Trinajstić information content (AvgIpc) is 2.73. The first-order chi connectivity index (χ1) is 7.25. The lowest BCUT2D eigenvalue weighted by Crippen LogP contribution is -1.84. The highest BCUT2D eigenvalue weighted by Gasteiger charge is 1.98. The molecule has 1 aromatic carbocycles. The van der Waals surface area contributed by atoms with Crippen LogP contribution in [0.1, 0.15) is 5.56 Å². The fourth-order valence-corrected chi connectivity index (χ4v) is 1.34. The van der Waals surface area contributed by atoms with Gasteiger partial charge in [-0.2, -0.15) is 0 Å². The Bertz CT molecular complexity index is 442. The van der Waals surface area contributed by atoms with Crippen molar-refractivity contribution >= 4 is 29.2 Å². The molecule has 0 saturated heterocycles. The second-order valence-electron chi connectivity index (χ2n) is 2.78. The fraction of sp³-hybridized carbons (Fsp3) is 0.125. The van der Waals surface area contributed by atoms with E-state index in [9.17, 15) is 0 Å². The molecule has 0 aliphatic carbocycles. The van der Waals surface area contributed by atoms with E-state index in [1.807, 2.05) is 6.07 Å². The first kappa shape index (κ1) is 10.2. The molecule has 0 saturated carbocycles. The van der Waals surface area contributed by atoms with E-state index in [1.165, 1.54) is 0 Å². The summed E-state index contributed by atoms with van der Waals surface area (Å²) in [5, 5.41) is 18.2. The molecular formula is C8H6Cl2N5-. The van der Waals surface area contributed by atoms with Gasteiger partial charge in [0.15, 0.2) is 0 Å². The second-order valence-corrected chi connectivity index (χ2v) is 3.59. The van der Waals surface area contributed by atoms with Crippen molar-refractivity contribution < 1.29 is 0 Å². The van der Waals surface area contributed by atoms with E-state index in [-0.39, 0.29) is 0 Å². The molecular weight excluding hydrogens is 237 g/mol. The molecule has 0 radical (unpaired) electrons. The molecule has 2 rings (SSSR count). The minimum atomic E-state index is 0.320. The van der Waals surface area contributed by atoms with Crippen LogP contribution >= 0.6 is 23.2 Å². The topological polar surface area (TPSA) is 68.6 Å². The maximum atomic E-state index is 5.85. The molecule has 0 amide bonds. The van der Waals surface area contributed by atoms with Gasteiger partial charge in [0.05, 0.1) is 16.0 Å². The molecule has 15 heavy (non-hydrogen) atoms. The van der Waals surface area contributed by atoms with E-state index >= 15 is 0 Å². The molecule has 0 spiro atoms. The summed E-state index contributed by atoms with van der Waals surface area (Å²) in [6.45, 7) is 0.441. The summed E-state index contributed by atoms with van der Waals surface area (Å²) in [6.07, 6.45) is 0. The summed E-state index contributed by atoms with van der Waals surface area (Å²) in [5.41, 5.74) is 0.939. The van der Waals surface area contributed by atoms with Crippen LogP contribution in [0.4, 0.5) is 5.95 Å². The Morgan fingerprint density at radius 1 is 1.27 bits per heavy atom. The molecule has 2 aromatic rings. The molecule has 0 bridgehead atoms. The largest absolute Gasteiger partial charge is 0.386 e. The van der Waals surface area contributed by atoms with Crippen molar-refractivity contribution in [2.75, 3.05) is 0 Å². The molecule has 0 aliphatic rings. The minimum absolute atomic E-state index is 0.320. The molecule has 0 aliphatic heterocycles. The van der Waals surface area contributed by atoms with Gasteiger partial charge in [0.25, 0.3) is 0 Å². The highest BCUT2D eigenvalue weighted by molar-refractivity contribution is 6.42. The van der Waals surface area contributed by atoms with Crippen molar-refractivity contribution in [3.05, 3.63) is 39.1 Å². The molecule has 0 unspecified atom stereocenters. The minimum Gasteiger partial charge on any atom is -0.386 e. The Labute approximate surface area is 95.8 Å². The number of aromatic amines is 1. The standard InChI is InChI=1S/C8H6Cl2N5/c9-6-2-1-5(3-7(6)10)4-11-8-12-14-15-13-8/h1-3H,4H2,(H-,11,12,13,14,15)/q-1. The molecule has 1 aromatic heterocycles. The molecule has 7 heteroatoms. The molecule has 1 heterocycles. The third-order valence-corrected chi connectivity index (χ3v) is 2.46. The summed E-state index contributed by atoms with van der Waals surface area (Å²) in [5.74, 6) is 0.320. The lowest BCUT2D eigenvalue weighted by Gasteiger charge is -2.07. The number of nitrogens with zero attached hydrogens (tertiary/aromatic N) is 4. The van der Waals surface area contributed by atoms with E-state index in [1.54, 1.807) is 12.1 Å². The van der Waals surface area contributed by atoms with Gasteiger partial charge in [0.1, 0.15) is 0 Å². The van der Waals surface area contributed by atoms with E-state index in [0.29, 0.717) is 22.5 Å². The highest BCUT2D eigenvalue weighted by Crippen LogP contribution is 2.24. The van der Waals surface area contributed by atoms with Crippen LogP contribution in [0.15, 0.2) is 18.2 Å². The number of tetrazole rings is 1. The quantitative estimate of drug-likeness (QED) is 0.900. The van der Waals surface area contributed by atoms with Gasteiger partial charge in [-0.25, -0.2) is 0 Å². The normalized spacial score (nSPS) is 10.3. The van der Waals surface area contributed by atoms with Gasteiger partial charge < -0.3 is 5.32 Å². The second kappa shape index (κ2) is 4.46. The highest BCUT2D eigenvalue weighted by atomic mass is 35.5. The third-order valence-electron chi connectivity index (χ3n) is 1.72. The van der Waals surface area contributed by atoms with Gasteiger partial charge in [0.2, 0.25) is 0 Å². The van der Waals surface area contributed by atoms with Crippen molar-refractivity contribution in [1.29, 1.82) is 0 Å². The average molecular weight is 243 g/mol. The Morgan fingerprint density at radius 2 is 2.13 bits per heavy atom. The maximum absolute atomic E-state index is 5.85. The summed E-state index contributed by atoms with van der Waals surface area (Å²) >= 11 is 11.6. The predicted octanol–water partition coefficient (Wildman–Crippen LogP) is 2.71. The monoisotopic (exact) mass is 242 g/mol. The number of nitrogens with one attached hydrogen (secondary N) is 1. The number of halogens is 2. The predicted molar refractivity (Wildman–Crippen MR) is 57.4 cm³/mol. The number of rotatable bonds is 3. The van der Waals surface area contributed by atoms with Gasteiger partial charge in [-0.05, 0) is 17.7 Å². The molecule has 5 nitrogen and oxygen atoms in total. The summed E-state index contributed by atoms with van der Waals surface area (Å²) in [4.78, 5) is 0. The van der Waals surface area contributed by atoms with Crippen LogP contribution in [-0.2, 0) is 6.54 Å². The first-order valence-electron chi connectivity index (χ1n) is 4.10. The molecule has 0 fully saturated rings. The van der Waals surface area contributed by atoms with Crippen LogP contribution in [0.2, 0.25) is 10.0 Å². The number of H-pyrrole nitrogens is 1. The van der Waals surface area contributed by atoms with Crippen LogP contribution in [0, 0.1) is 0 Å². The SMILES string of the molecule is Clc1ccc(C[N-]c2nn[nH]n2)cc1Cl. The van der Waals surface area contributed by atoms with Crippen molar-refractivity contribution in [2.24, 2.45) is 0 Å². The van der Waals surface area contributed by atoms with Gasteiger partial charge in [-0.15, -0.1) is 5.21 Å². The van der Waals surface area contributed by atoms with Crippen LogP contribution in [0.5, 0.6) is 0 Å². The summed E-state index contributed by atoms with van der Waals surface area (Å²) < 4.78 is 0. The zero-order chi connectivity index (χ0) is 10.7. The van der Waals surface area contributed by atoms with Crippen LogP contribution in [0.3, 0.4) is 0 Å². The third kappa shape index (κ3) is 2.57. The van der Waals surface area contributed by atoms with Gasteiger partial charge in [0, 0.05) is 6.54 Å². The number of hydrogen-bond acceptors (Lipinski definition) is 3. The fourth-order valence-electron chi connectivity index (χ4n) is 1.02.